The molecule has 0 radical (unpaired) electrons. The molecule has 0 aromatic carbocycles. The van der Waals surface area contributed by atoms with Crippen LogP contribution in [0.25, 0.3) is 0 Å². The van der Waals surface area contributed by atoms with E-state index in [0.717, 1.165) is 12.1 Å². The highest BCUT2D eigenvalue weighted by molar-refractivity contribution is 7.89. The van der Waals surface area contributed by atoms with E-state index in [9.17, 15) is 17.2 Å². The topological polar surface area (TPSA) is 74.8 Å². The van der Waals surface area contributed by atoms with E-state index in [1.165, 1.54) is 0 Å². The van der Waals surface area contributed by atoms with Gasteiger partial charge in [-0.2, -0.15) is 5.10 Å². The molecule has 0 saturated heterocycles. The number of alkyl halides is 2. The number of H-pyrrole nitrogens is 1. The normalized spacial score (nSPS) is 22.3. The van der Waals surface area contributed by atoms with Crippen molar-refractivity contribution in [1.29, 1.82) is 0 Å². The monoisotopic (exact) mass is 321 g/mol. The van der Waals surface area contributed by atoms with Gasteiger partial charge in [0.1, 0.15) is 0 Å². The third kappa shape index (κ3) is 4.47. The Labute approximate surface area is 123 Å². The van der Waals surface area contributed by atoms with E-state index in [0.29, 0.717) is 18.5 Å². The van der Waals surface area contributed by atoms with Crippen LogP contribution in [0.5, 0.6) is 0 Å². The predicted molar refractivity (Wildman–Crippen MR) is 75.5 cm³/mol. The minimum atomic E-state index is -3.73. The number of aryl methyl sites for hydroxylation is 1. The minimum absolute atomic E-state index is 0.0492. The van der Waals surface area contributed by atoms with Crippen molar-refractivity contribution in [3.05, 3.63) is 17.5 Å². The second-order valence-corrected chi connectivity index (χ2v) is 7.40. The third-order valence-electron chi connectivity index (χ3n) is 3.86. The van der Waals surface area contributed by atoms with Crippen LogP contribution in [-0.2, 0) is 23.0 Å². The average Bonchev–Trinajstić information content (AvgIpc) is 2.87. The van der Waals surface area contributed by atoms with Gasteiger partial charge < -0.3 is 0 Å². The Hall–Kier alpha value is -1.02. The van der Waals surface area contributed by atoms with Crippen LogP contribution in [0.1, 0.15) is 44.0 Å². The van der Waals surface area contributed by atoms with Gasteiger partial charge in [-0.05, 0) is 25.3 Å². The van der Waals surface area contributed by atoms with Crippen molar-refractivity contribution in [2.75, 3.05) is 5.75 Å². The SMILES string of the molecule is CCc1cc(CNS(=O)(=O)CC2CCCCC2(F)F)[nH]n1. The van der Waals surface area contributed by atoms with Crippen LogP contribution in [0.15, 0.2) is 6.07 Å². The van der Waals surface area contributed by atoms with Crippen LogP contribution in [0, 0.1) is 5.92 Å². The van der Waals surface area contributed by atoms with Gasteiger partial charge in [0.25, 0.3) is 5.92 Å². The van der Waals surface area contributed by atoms with Gasteiger partial charge in [-0.3, -0.25) is 5.10 Å². The lowest BCUT2D eigenvalue weighted by Crippen LogP contribution is -2.40. The van der Waals surface area contributed by atoms with Crippen LogP contribution in [0.2, 0.25) is 0 Å². The Morgan fingerprint density at radius 3 is 2.86 bits per heavy atom. The molecule has 2 N–H and O–H groups in total. The lowest BCUT2D eigenvalue weighted by molar-refractivity contribution is -0.0771. The Kier molecular flexibility index (Phi) is 4.98. The van der Waals surface area contributed by atoms with Gasteiger partial charge in [0, 0.05) is 12.3 Å². The van der Waals surface area contributed by atoms with Crippen molar-refractivity contribution in [1.82, 2.24) is 14.9 Å². The number of hydrogen-bond acceptors (Lipinski definition) is 3. The summed E-state index contributed by atoms with van der Waals surface area (Å²) < 4.78 is 53.7. The van der Waals surface area contributed by atoms with E-state index in [1.54, 1.807) is 6.07 Å². The summed E-state index contributed by atoms with van der Waals surface area (Å²) in [7, 11) is -3.73. The Morgan fingerprint density at radius 1 is 1.48 bits per heavy atom. The van der Waals surface area contributed by atoms with Gasteiger partial charge in [0.05, 0.1) is 23.7 Å². The van der Waals surface area contributed by atoms with E-state index < -0.39 is 27.6 Å². The molecule has 120 valence electrons. The van der Waals surface area contributed by atoms with Crippen LogP contribution in [0.3, 0.4) is 0 Å². The lowest BCUT2D eigenvalue weighted by atomic mass is 9.87. The Balaban J connectivity index is 1.92. The lowest BCUT2D eigenvalue weighted by Gasteiger charge is -2.30. The maximum absolute atomic E-state index is 13.7. The van der Waals surface area contributed by atoms with E-state index in [1.807, 2.05) is 6.92 Å². The highest BCUT2D eigenvalue weighted by Gasteiger charge is 2.43. The zero-order chi connectivity index (χ0) is 15.5. The molecule has 0 bridgehead atoms. The molecule has 1 aromatic rings. The van der Waals surface area contributed by atoms with Gasteiger partial charge in [-0.15, -0.1) is 0 Å². The molecule has 1 heterocycles. The quantitative estimate of drug-likeness (QED) is 0.843. The first-order valence-electron chi connectivity index (χ1n) is 7.21. The number of aromatic amines is 1. The van der Waals surface area contributed by atoms with Crippen LogP contribution >= 0.6 is 0 Å². The first-order valence-corrected chi connectivity index (χ1v) is 8.86. The third-order valence-corrected chi connectivity index (χ3v) is 5.28. The summed E-state index contributed by atoms with van der Waals surface area (Å²) in [6, 6.07) is 1.76. The first kappa shape index (κ1) is 16.4. The highest BCUT2D eigenvalue weighted by atomic mass is 32.2. The minimum Gasteiger partial charge on any atom is -0.281 e. The molecule has 1 atom stereocenters. The van der Waals surface area contributed by atoms with E-state index in [2.05, 4.69) is 14.9 Å². The zero-order valence-corrected chi connectivity index (χ0v) is 12.8. The van der Waals surface area contributed by atoms with Gasteiger partial charge >= 0.3 is 0 Å². The summed E-state index contributed by atoms with van der Waals surface area (Å²) in [6.45, 7) is 1.99. The summed E-state index contributed by atoms with van der Waals surface area (Å²) in [4.78, 5) is 0. The van der Waals surface area contributed by atoms with Crippen molar-refractivity contribution in [2.24, 2.45) is 5.92 Å². The fourth-order valence-corrected chi connectivity index (χ4v) is 4.00. The fraction of sp³-hybridized carbons (Fsp3) is 0.769. The van der Waals surface area contributed by atoms with Crippen molar-refractivity contribution in [2.45, 2.75) is 51.5 Å². The van der Waals surface area contributed by atoms with Crippen LogP contribution < -0.4 is 4.72 Å². The molecule has 5 nitrogen and oxygen atoms in total. The zero-order valence-electron chi connectivity index (χ0n) is 12.0. The largest absolute Gasteiger partial charge is 0.281 e. The molecule has 1 aliphatic rings. The number of aromatic nitrogens is 2. The standard InChI is InChI=1S/C13H21F2N3O2S/c1-2-11-7-12(18-17-11)8-16-21(19,20)9-10-5-3-4-6-13(10,14)15/h7,10,16H,2-6,8-9H2,1H3,(H,17,18). The molecular formula is C13H21F2N3O2S. The molecule has 1 aromatic heterocycles. The molecule has 1 fully saturated rings. The summed E-state index contributed by atoms with van der Waals surface area (Å²) in [5.41, 5.74) is 1.47. The Bertz CT molecular complexity index is 572. The van der Waals surface area contributed by atoms with Crippen molar-refractivity contribution < 1.29 is 17.2 Å². The van der Waals surface area contributed by atoms with Gasteiger partial charge in [0.15, 0.2) is 0 Å². The molecule has 0 amide bonds. The van der Waals surface area contributed by atoms with Gasteiger partial charge in [-0.25, -0.2) is 21.9 Å². The van der Waals surface area contributed by atoms with Crippen molar-refractivity contribution in [3.8, 4) is 0 Å². The maximum atomic E-state index is 13.7. The van der Waals surface area contributed by atoms with Gasteiger partial charge in [0.2, 0.25) is 10.0 Å². The number of rotatable bonds is 6. The number of nitrogens with one attached hydrogen (secondary N) is 2. The highest BCUT2D eigenvalue weighted by Crippen LogP contribution is 2.38. The molecule has 1 saturated carbocycles. The predicted octanol–water partition coefficient (Wildman–Crippen LogP) is 2.22. The van der Waals surface area contributed by atoms with E-state index >= 15 is 0 Å². The van der Waals surface area contributed by atoms with Crippen molar-refractivity contribution >= 4 is 10.0 Å². The number of hydrogen-bond donors (Lipinski definition) is 2. The molecule has 21 heavy (non-hydrogen) atoms. The van der Waals surface area contributed by atoms with Crippen LogP contribution in [-0.4, -0.2) is 30.3 Å². The first-order chi connectivity index (χ1) is 9.82. The summed E-state index contributed by atoms with van der Waals surface area (Å²) in [5, 5.41) is 6.72. The second kappa shape index (κ2) is 6.39. The molecule has 2 rings (SSSR count). The van der Waals surface area contributed by atoms with Crippen LogP contribution in [0.4, 0.5) is 8.78 Å². The molecule has 8 heteroatoms. The number of halogens is 2. The maximum Gasteiger partial charge on any atom is 0.251 e. The smallest absolute Gasteiger partial charge is 0.251 e. The molecule has 0 aliphatic heterocycles. The summed E-state index contributed by atoms with van der Waals surface area (Å²) in [6.07, 6.45) is 1.92. The molecule has 0 spiro atoms. The Morgan fingerprint density at radius 2 is 2.24 bits per heavy atom. The van der Waals surface area contributed by atoms with E-state index in [4.69, 9.17) is 0 Å². The van der Waals surface area contributed by atoms with E-state index in [-0.39, 0.29) is 19.4 Å². The second-order valence-electron chi connectivity index (χ2n) is 5.54. The number of sulfonamides is 1. The summed E-state index contributed by atoms with van der Waals surface area (Å²) >= 11 is 0. The molecular weight excluding hydrogens is 300 g/mol. The average molecular weight is 321 g/mol. The fourth-order valence-electron chi connectivity index (χ4n) is 2.56. The molecule has 1 unspecified atom stereocenters. The van der Waals surface area contributed by atoms with Crippen molar-refractivity contribution in [3.63, 3.8) is 0 Å². The number of nitrogens with zero attached hydrogens (tertiary/aromatic N) is 1. The molecule has 1 aliphatic carbocycles. The van der Waals surface area contributed by atoms with Gasteiger partial charge in [-0.1, -0.05) is 13.3 Å². The summed E-state index contributed by atoms with van der Waals surface area (Å²) in [5.74, 6) is -4.48.